The molecule has 0 atom stereocenters. The molecule has 120 valence electrons. The van der Waals surface area contributed by atoms with Crippen LogP contribution in [-0.4, -0.2) is 42.6 Å². The second-order valence-corrected chi connectivity index (χ2v) is 6.79. The number of nitrogens with two attached hydrogens (primary N) is 1. The smallest absolute Gasteiger partial charge is 0.0257 e. The van der Waals surface area contributed by atoms with Crippen LogP contribution in [0.1, 0.15) is 28.2 Å². The van der Waals surface area contributed by atoms with Gasteiger partial charge in [-0.1, -0.05) is 48.5 Å². The fourth-order valence-electron chi connectivity index (χ4n) is 4.04. The number of benzene rings is 2. The summed E-state index contributed by atoms with van der Waals surface area (Å²) in [4.78, 5) is 2.58. The van der Waals surface area contributed by atoms with E-state index >= 15 is 0 Å². The van der Waals surface area contributed by atoms with E-state index in [0.717, 1.165) is 45.6 Å². The quantitative estimate of drug-likeness (QED) is 0.865. The minimum Gasteiger partial charge on any atom is -0.300 e. The number of rotatable bonds is 2. The lowest BCUT2D eigenvalue weighted by molar-refractivity contribution is 0.131. The Morgan fingerprint density at radius 2 is 1.30 bits per heavy atom. The van der Waals surface area contributed by atoms with E-state index in [-0.39, 0.29) is 0 Å². The van der Waals surface area contributed by atoms with Gasteiger partial charge in [0.2, 0.25) is 0 Å². The summed E-state index contributed by atoms with van der Waals surface area (Å²) in [6, 6.07) is 18.0. The summed E-state index contributed by atoms with van der Waals surface area (Å²) in [5.41, 5.74) is 6.08. The minimum atomic E-state index is 0.481. The van der Waals surface area contributed by atoms with E-state index in [1.54, 1.807) is 0 Å². The molecule has 1 saturated heterocycles. The van der Waals surface area contributed by atoms with Crippen molar-refractivity contribution in [2.45, 2.75) is 18.8 Å². The molecule has 0 unspecified atom stereocenters. The molecule has 3 heteroatoms. The molecule has 1 aliphatic carbocycles. The van der Waals surface area contributed by atoms with Crippen LogP contribution >= 0.6 is 0 Å². The van der Waals surface area contributed by atoms with Crippen molar-refractivity contribution >= 4 is 0 Å². The Labute approximate surface area is 138 Å². The molecule has 0 amide bonds. The molecule has 0 radical (unpaired) electrons. The van der Waals surface area contributed by atoms with Gasteiger partial charge in [-0.3, -0.25) is 10.7 Å². The second-order valence-electron chi connectivity index (χ2n) is 6.79. The highest BCUT2D eigenvalue weighted by Gasteiger charge is 2.26. The third kappa shape index (κ3) is 3.05. The molecular weight excluding hydrogens is 282 g/mol. The van der Waals surface area contributed by atoms with E-state index in [1.807, 2.05) is 5.01 Å². The fraction of sp³-hybridized carbons (Fsp3) is 0.400. The molecule has 0 bridgehead atoms. The molecule has 1 aliphatic heterocycles. The number of hydrazine groups is 1. The van der Waals surface area contributed by atoms with Crippen molar-refractivity contribution in [2.24, 2.45) is 5.84 Å². The van der Waals surface area contributed by atoms with Crippen LogP contribution in [0, 0.1) is 0 Å². The molecular formula is C20H25N3. The number of hydrogen-bond acceptors (Lipinski definition) is 3. The average molecular weight is 307 g/mol. The van der Waals surface area contributed by atoms with Gasteiger partial charge in [-0.25, -0.2) is 5.01 Å². The van der Waals surface area contributed by atoms with E-state index in [9.17, 15) is 0 Å². The van der Waals surface area contributed by atoms with Crippen molar-refractivity contribution < 1.29 is 0 Å². The Kier molecular flexibility index (Phi) is 4.17. The molecule has 0 saturated carbocycles. The summed E-state index contributed by atoms with van der Waals surface area (Å²) in [6.45, 7) is 5.17. The third-order valence-corrected chi connectivity index (χ3v) is 5.37. The van der Waals surface area contributed by atoms with Gasteiger partial charge in [-0.2, -0.15) is 0 Å². The first kappa shape index (κ1) is 14.9. The molecule has 3 nitrogen and oxygen atoms in total. The molecule has 1 fully saturated rings. The van der Waals surface area contributed by atoms with Crippen LogP contribution in [0.3, 0.4) is 0 Å². The number of fused-ring (bicyclic) bond motifs is 2. The first-order chi connectivity index (χ1) is 11.3. The number of nitrogens with zero attached hydrogens (tertiary/aromatic N) is 2. The predicted molar refractivity (Wildman–Crippen MR) is 94.3 cm³/mol. The zero-order valence-corrected chi connectivity index (χ0v) is 13.6. The maximum atomic E-state index is 5.91. The Morgan fingerprint density at radius 1 is 0.783 bits per heavy atom. The second kappa shape index (κ2) is 6.44. The first-order valence-electron chi connectivity index (χ1n) is 8.69. The van der Waals surface area contributed by atoms with Crippen LogP contribution in [-0.2, 0) is 12.8 Å². The molecule has 2 aliphatic rings. The Balaban J connectivity index is 1.69. The highest BCUT2D eigenvalue weighted by atomic mass is 15.4. The summed E-state index contributed by atoms with van der Waals surface area (Å²) < 4.78 is 0. The maximum absolute atomic E-state index is 5.91. The summed E-state index contributed by atoms with van der Waals surface area (Å²) >= 11 is 0. The van der Waals surface area contributed by atoms with Gasteiger partial charge in [0, 0.05) is 38.6 Å². The zero-order chi connectivity index (χ0) is 15.6. The topological polar surface area (TPSA) is 32.5 Å². The maximum Gasteiger partial charge on any atom is 0.0257 e. The van der Waals surface area contributed by atoms with E-state index in [1.165, 1.54) is 22.3 Å². The minimum absolute atomic E-state index is 0.481. The Hall–Kier alpha value is -1.68. The zero-order valence-electron chi connectivity index (χ0n) is 13.6. The van der Waals surface area contributed by atoms with Crippen molar-refractivity contribution in [1.29, 1.82) is 0 Å². The van der Waals surface area contributed by atoms with Gasteiger partial charge in [0.15, 0.2) is 0 Å². The SMILES string of the molecule is NN1CCN(CC2c3ccccc3CCc3ccccc32)CC1. The lowest BCUT2D eigenvalue weighted by atomic mass is 9.87. The van der Waals surface area contributed by atoms with Gasteiger partial charge in [-0.15, -0.1) is 0 Å². The molecule has 0 aromatic heterocycles. The largest absolute Gasteiger partial charge is 0.300 e. The normalized spacial score (nSPS) is 19.9. The molecule has 2 N–H and O–H groups in total. The van der Waals surface area contributed by atoms with Crippen molar-refractivity contribution in [3.8, 4) is 0 Å². The highest BCUT2D eigenvalue weighted by molar-refractivity contribution is 5.45. The standard InChI is InChI=1S/C20H25N3/c21-23-13-11-22(12-14-23)15-20-18-7-3-1-5-16(18)9-10-17-6-2-4-8-19(17)20/h1-8,20H,9-15,21H2. The van der Waals surface area contributed by atoms with E-state index in [2.05, 4.69) is 53.4 Å². The van der Waals surface area contributed by atoms with Crippen LogP contribution in [0.25, 0.3) is 0 Å². The summed E-state index contributed by atoms with van der Waals surface area (Å²) in [5.74, 6) is 6.40. The first-order valence-corrected chi connectivity index (χ1v) is 8.69. The van der Waals surface area contributed by atoms with Crippen molar-refractivity contribution in [1.82, 2.24) is 9.91 Å². The van der Waals surface area contributed by atoms with Gasteiger partial charge in [-0.05, 0) is 35.1 Å². The molecule has 2 aromatic rings. The molecule has 2 aromatic carbocycles. The van der Waals surface area contributed by atoms with E-state index < -0.39 is 0 Å². The van der Waals surface area contributed by atoms with E-state index in [4.69, 9.17) is 5.84 Å². The fourth-order valence-corrected chi connectivity index (χ4v) is 4.04. The molecule has 0 spiro atoms. The lowest BCUT2D eigenvalue weighted by Gasteiger charge is -2.35. The third-order valence-electron chi connectivity index (χ3n) is 5.37. The van der Waals surface area contributed by atoms with Gasteiger partial charge in [0.05, 0.1) is 0 Å². The Bertz CT molecular complexity index is 627. The number of piperazine rings is 1. The van der Waals surface area contributed by atoms with E-state index in [0.29, 0.717) is 5.92 Å². The van der Waals surface area contributed by atoms with Gasteiger partial charge in [0.1, 0.15) is 0 Å². The molecule has 23 heavy (non-hydrogen) atoms. The van der Waals surface area contributed by atoms with Crippen LogP contribution in [0.4, 0.5) is 0 Å². The van der Waals surface area contributed by atoms with Gasteiger partial charge < -0.3 is 0 Å². The average Bonchev–Trinajstić information content (AvgIpc) is 2.75. The lowest BCUT2D eigenvalue weighted by Crippen LogP contribution is -2.50. The highest BCUT2D eigenvalue weighted by Crippen LogP contribution is 2.34. The Morgan fingerprint density at radius 3 is 1.87 bits per heavy atom. The van der Waals surface area contributed by atoms with Crippen LogP contribution in [0.5, 0.6) is 0 Å². The van der Waals surface area contributed by atoms with Crippen LogP contribution in [0.2, 0.25) is 0 Å². The summed E-state index contributed by atoms with van der Waals surface area (Å²) in [5, 5.41) is 1.94. The summed E-state index contributed by atoms with van der Waals surface area (Å²) in [7, 11) is 0. The molecule has 1 heterocycles. The predicted octanol–water partition coefficient (Wildman–Crippen LogP) is 2.41. The summed E-state index contributed by atoms with van der Waals surface area (Å²) in [6.07, 6.45) is 2.31. The monoisotopic (exact) mass is 307 g/mol. The van der Waals surface area contributed by atoms with Gasteiger partial charge >= 0.3 is 0 Å². The van der Waals surface area contributed by atoms with Crippen LogP contribution in [0.15, 0.2) is 48.5 Å². The van der Waals surface area contributed by atoms with Crippen molar-refractivity contribution in [2.75, 3.05) is 32.7 Å². The van der Waals surface area contributed by atoms with Gasteiger partial charge in [0.25, 0.3) is 0 Å². The number of aryl methyl sites for hydroxylation is 2. The number of hydrogen-bond donors (Lipinski definition) is 1. The van der Waals surface area contributed by atoms with Crippen molar-refractivity contribution in [3.05, 3.63) is 70.8 Å². The molecule has 4 rings (SSSR count). The van der Waals surface area contributed by atoms with Crippen LogP contribution < -0.4 is 5.84 Å². The van der Waals surface area contributed by atoms with Crippen molar-refractivity contribution in [3.63, 3.8) is 0 Å².